The van der Waals surface area contributed by atoms with Gasteiger partial charge in [-0.15, -0.1) is 10.2 Å². The Balaban J connectivity index is 1.60. The Bertz CT molecular complexity index is 940. The zero-order chi connectivity index (χ0) is 18.1. The first-order chi connectivity index (χ1) is 12.6. The Morgan fingerprint density at radius 3 is 2.88 bits per heavy atom. The zero-order valence-corrected chi connectivity index (χ0v) is 14.5. The van der Waals surface area contributed by atoms with Crippen molar-refractivity contribution in [1.82, 2.24) is 25.2 Å². The van der Waals surface area contributed by atoms with Crippen LogP contribution in [0.5, 0.6) is 5.88 Å². The Hall–Kier alpha value is -3.29. The first-order valence-electron chi connectivity index (χ1n) is 8.39. The number of hydrogen-bond acceptors (Lipinski definition) is 6. The van der Waals surface area contributed by atoms with Crippen molar-refractivity contribution in [2.45, 2.75) is 19.9 Å². The largest absolute Gasteiger partial charge is 0.474 e. The van der Waals surface area contributed by atoms with Gasteiger partial charge >= 0.3 is 0 Å². The Morgan fingerprint density at radius 2 is 2.08 bits per heavy atom. The van der Waals surface area contributed by atoms with E-state index in [1.165, 1.54) is 4.80 Å². The Morgan fingerprint density at radius 1 is 1.27 bits per heavy atom. The highest BCUT2D eigenvalue weighted by Crippen LogP contribution is 2.31. The molecule has 0 saturated carbocycles. The number of benzene rings is 1. The molecule has 3 aromatic rings. The lowest BCUT2D eigenvalue weighted by Gasteiger charge is -2.30. The van der Waals surface area contributed by atoms with Gasteiger partial charge in [-0.25, -0.2) is 4.98 Å². The van der Waals surface area contributed by atoms with E-state index >= 15 is 0 Å². The summed E-state index contributed by atoms with van der Waals surface area (Å²) in [5, 5.41) is 12.5. The number of amides is 1. The SMILES string of the molecule is Cc1cnc2c(c1)N(C(=O)C(C)n1nnc(-c3ccccc3)n1)CCO2. The van der Waals surface area contributed by atoms with Gasteiger partial charge in [-0.05, 0) is 30.7 Å². The fourth-order valence-electron chi connectivity index (χ4n) is 2.85. The molecule has 132 valence electrons. The summed E-state index contributed by atoms with van der Waals surface area (Å²) in [6.45, 7) is 4.55. The minimum atomic E-state index is -0.591. The average Bonchev–Trinajstić information content (AvgIpc) is 3.17. The van der Waals surface area contributed by atoms with Gasteiger partial charge in [-0.1, -0.05) is 30.3 Å². The van der Waals surface area contributed by atoms with Gasteiger partial charge in [-0.3, -0.25) is 4.79 Å². The molecule has 0 aliphatic carbocycles. The number of anilines is 1. The summed E-state index contributed by atoms with van der Waals surface area (Å²) in [7, 11) is 0. The molecular formula is C18H18N6O2. The van der Waals surface area contributed by atoms with Crippen molar-refractivity contribution in [2.24, 2.45) is 0 Å². The van der Waals surface area contributed by atoms with E-state index in [0.29, 0.717) is 30.5 Å². The minimum absolute atomic E-state index is 0.126. The van der Waals surface area contributed by atoms with Crippen molar-refractivity contribution >= 4 is 11.6 Å². The second kappa shape index (κ2) is 6.55. The third-order valence-corrected chi connectivity index (χ3v) is 4.24. The van der Waals surface area contributed by atoms with Crippen LogP contribution in [-0.4, -0.2) is 44.3 Å². The number of carbonyl (C=O) groups excluding carboxylic acids is 1. The van der Waals surface area contributed by atoms with Crippen LogP contribution < -0.4 is 9.64 Å². The standard InChI is InChI=1S/C18H18N6O2/c1-12-10-15-17(19-11-12)26-9-8-23(15)18(25)13(2)24-21-16(20-22-24)14-6-4-3-5-7-14/h3-7,10-11,13H,8-9H2,1-2H3. The molecule has 4 rings (SSSR count). The molecule has 0 N–H and O–H groups in total. The van der Waals surface area contributed by atoms with Gasteiger partial charge in [0.25, 0.3) is 5.91 Å². The number of ether oxygens (including phenoxy) is 1. The topological polar surface area (TPSA) is 86.0 Å². The van der Waals surface area contributed by atoms with E-state index in [4.69, 9.17) is 4.74 Å². The number of fused-ring (bicyclic) bond motifs is 1. The molecule has 8 heteroatoms. The zero-order valence-electron chi connectivity index (χ0n) is 14.5. The number of pyridine rings is 1. The van der Waals surface area contributed by atoms with Gasteiger partial charge in [0.05, 0.1) is 6.54 Å². The first kappa shape index (κ1) is 16.2. The van der Waals surface area contributed by atoms with Crippen LogP contribution in [0.1, 0.15) is 18.5 Å². The van der Waals surface area contributed by atoms with Gasteiger partial charge in [-0.2, -0.15) is 4.80 Å². The fraction of sp³-hybridized carbons (Fsp3) is 0.278. The maximum absolute atomic E-state index is 13.0. The summed E-state index contributed by atoms with van der Waals surface area (Å²) in [4.78, 5) is 20.3. The molecule has 1 atom stereocenters. The van der Waals surface area contributed by atoms with Crippen molar-refractivity contribution in [3.63, 3.8) is 0 Å². The predicted octanol–water partition coefficient (Wildman–Crippen LogP) is 2.03. The lowest BCUT2D eigenvalue weighted by atomic mass is 10.2. The van der Waals surface area contributed by atoms with E-state index < -0.39 is 6.04 Å². The van der Waals surface area contributed by atoms with Gasteiger partial charge < -0.3 is 9.64 Å². The maximum Gasteiger partial charge on any atom is 0.253 e. The minimum Gasteiger partial charge on any atom is -0.474 e. The molecule has 26 heavy (non-hydrogen) atoms. The van der Waals surface area contributed by atoms with Crippen molar-refractivity contribution < 1.29 is 9.53 Å². The molecule has 0 saturated heterocycles. The van der Waals surface area contributed by atoms with E-state index in [9.17, 15) is 4.79 Å². The molecule has 1 aromatic carbocycles. The molecule has 3 heterocycles. The third-order valence-electron chi connectivity index (χ3n) is 4.24. The fourth-order valence-corrected chi connectivity index (χ4v) is 2.85. The number of aromatic nitrogens is 5. The van der Waals surface area contributed by atoms with Crippen LogP contribution in [0.2, 0.25) is 0 Å². The molecular weight excluding hydrogens is 332 g/mol. The third kappa shape index (κ3) is 2.90. The molecule has 0 fully saturated rings. The Kier molecular flexibility index (Phi) is 4.08. The first-order valence-corrected chi connectivity index (χ1v) is 8.39. The van der Waals surface area contributed by atoms with Crippen molar-refractivity contribution in [1.29, 1.82) is 0 Å². The normalized spacial score (nSPS) is 14.5. The molecule has 0 bridgehead atoms. The summed E-state index contributed by atoms with van der Waals surface area (Å²) in [5.41, 5.74) is 2.50. The Labute approximate surface area is 150 Å². The van der Waals surface area contributed by atoms with Crippen LogP contribution in [-0.2, 0) is 4.79 Å². The predicted molar refractivity (Wildman–Crippen MR) is 94.8 cm³/mol. The monoisotopic (exact) mass is 350 g/mol. The van der Waals surface area contributed by atoms with E-state index in [0.717, 1.165) is 11.1 Å². The highest BCUT2D eigenvalue weighted by molar-refractivity contribution is 5.97. The molecule has 1 unspecified atom stereocenters. The molecule has 8 nitrogen and oxygen atoms in total. The average molecular weight is 350 g/mol. The van der Waals surface area contributed by atoms with Gasteiger partial charge in [0.15, 0.2) is 0 Å². The lowest BCUT2D eigenvalue weighted by molar-refractivity contribution is -0.122. The van der Waals surface area contributed by atoms with E-state index in [1.807, 2.05) is 43.3 Å². The summed E-state index contributed by atoms with van der Waals surface area (Å²) >= 11 is 0. The van der Waals surface area contributed by atoms with Crippen LogP contribution in [0.15, 0.2) is 42.6 Å². The number of nitrogens with zero attached hydrogens (tertiary/aromatic N) is 6. The van der Waals surface area contributed by atoms with Gasteiger partial charge in [0.2, 0.25) is 11.7 Å². The molecule has 1 aliphatic rings. The van der Waals surface area contributed by atoms with Crippen LogP contribution in [0.4, 0.5) is 5.69 Å². The van der Waals surface area contributed by atoms with E-state index in [1.54, 1.807) is 18.0 Å². The maximum atomic E-state index is 13.0. The second-order valence-corrected chi connectivity index (χ2v) is 6.15. The quantitative estimate of drug-likeness (QED) is 0.718. The number of rotatable bonds is 3. The van der Waals surface area contributed by atoms with E-state index in [-0.39, 0.29) is 5.91 Å². The highest BCUT2D eigenvalue weighted by Gasteiger charge is 2.30. The second-order valence-electron chi connectivity index (χ2n) is 6.15. The number of hydrogen-bond donors (Lipinski definition) is 0. The molecule has 1 amide bonds. The van der Waals surface area contributed by atoms with Crippen molar-refractivity contribution in [3.8, 4) is 17.3 Å². The summed E-state index contributed by atoms with van der Waals surface area (Å²) in [5.74, 6) is 0.836. The number of aryl methyl sites for hydroxylation is 1. The molecule has 0 radical (unpaired) electrons. The smallest absolute Gasteiger partial charge is 0.253 e. The van der Waals surface area contributed by atoms with Crippen molar-refractivity contribution in [3.05, 3.63) is 48.2 Å². The molecule has 1 aliphatic heterocycles. The summed E-state index contributed by atoms with van der Waals surface area (Å²) in [6, 6.07) is 10.9. The summed E-state index contributed by atoms with van der Waals surface area (Å²) in [6.07, 6.45) is 1.72. The highest BCUT2D eigenvalue weighted by atomic mass is 16.5. The number of tetrazole rings is 1. The lowest BCUT2D eigenvalue weighted by Crippen LogP contribution is -2.42. The van der Waals surface area contributed by atoms with Crippen LogP contribution in [0, 0.1) is 6.92 Å². The van der Waals surface area contributed by atoms with E-state index in [2.05, 4.69) is 20.4 Å². The van der Waals surface area contributed by atoms with Gasteiger partial charge in [0, 0.05) is 11.8 Å². The summed E-state index contributed by atoms with van der Waals surface area (Å²) < 4.78 is 5.55. The molecule has 2 aromatic heterocycles. The van der Waals surface area contributed by atoms with Crippen LogP contribution >= 0.6 is 0 Å². The number of carbonyl (C=O) groups is 1. The van der Waals surface area contributed by atoms with Crippen LogP contribution in [0.25, 0.3) is 11.4 Å². The molecule has 0 spiro atoms. The van der Waals surface area contributed by atoms with Crippen molar-refractivity contribution in [2.75, 3.05) is 18.1 Å². The van der Waals surface area contributed by atoms with Crippen LogP contribution in [0.3, 0.4) is 0 Å². The van der Waals surface area contributed by atoms with Gasteiger partial charge in [0.1, 0.15) is 18.3 Å².